The molecule has 0 aliphatic carbocycles. The van der Waals surface area contributed by atoms with E-state index in [2.05, 4.69) is 21.2 Å². The van der Waals surface area contributed by atoms with Gasteiger partial charge in [0.2, 0.25) is 0 Å². The Bertz CT molecular complexity index is 1440. The van der Waals surface area contributed by atoms with Crippen LogP contribution < -0.4 is 19.5 Å². The first-order chi connectivity index (χ1) is 18.8. The molecule has 3 aromatic rings. The second-order valence-corrected chi connectivity index (χ2v) is 9.93. The summed E-state index contributed by atoms with van der Waals surface area (Å²) in [7, 11) is 1.51. The van der Waals surface area contributed by atoms with Gasteiger partial charge in [-0.1, -0.05) is 58.7 Å². The molecule has 1 saturated heterocycles. The zero-order valence-electron chi connectivity index (χ0n) is 21.3. The van der Waals surface area contributed by atoms with Gasteiger partial charge in [0, 0.05) is 20.6 Å². The maximum atomic E-state index is 13.4. The summed E-state index contributed by atoms with van der Waals surface area (Å²) in [6, 6.07) is 16.9. The van der Waals surface area contributed by atoms with Crippen molar-refractivity contribution in [2.45, 2.75) is 26.5 Å². The average molecular weight is 614 g/mol. The molecule has 1 heterocycles. The number of hydrogen-bond acceptors (Lipinski definition) is 6. The van der Waals surface area contributed by atoms with Crippen LogP contribution in [0.4, 0.5) is 4.79 Å². The Morgan fingerprint density at radius 3 is 2.49 bits per heavy atom. The molecule has 202 valence electrons. The Morgan fingerprint density at radius 1 is 0.974 bits per heavy atom. The summed E-state index contributed by atoms with van der Waals surface area (Å²) in [5.74, 6) is -0.0494. The number of rotatable bonds is 10. The molecule has 0 bridgehead atoms. The Hall–Kier alpha value is -3.82. The molecular weight excluding hydrogens is 588 g/mol. The minimum absolute atomic E-state index is 0.0753. The standard InChI is InChI=1S/C29H26BrClN2O6/c1-3-12-38-25-10-8-18(13-26(25)37-2)16-33-28(35)22(27(34)32-29(33)36)15-20-14-21(30)9-11-24(20)39-17-19-6-4-5-7-23(19)31/h4-11,13-15H,3,12,16-17H2,1-2H3,(H,32,34,36)/b22-15+. The van der Waals surface area contributed by atoms with E-state index in [1.807, 2.05) is 25.1 Å². The number of ether oxygens (including phenoxy) is 3. The molecule has 0 atom stereocenters. The zero-order valence-corrected chi connectivity index (χ0v) is 23.7. The van der Waals surface area contributed by atoms with Gasteiger partial charge in [0.15, 0.2) is 11.5 Å². The van der Waals surface area contributed by atoms with Crippen LogP contribution in [0.15, 0.2) is 70.7 Å². The van der Waals surface area contributed by atoms with Crippen LogP contribution in [0.5, 0.6) is 17.2 Å². The van der Waals surface area contributed by atoms with Crippen molar-refractivity contribution in [3.05, 3.63) is 92.4 Å². The Labute approximate surface area is 239 Å². The van der Waals surface area contributed by atoms with Crippen molar-refractivity contribution in [2.75, 3.05) is 13.7 Å². The molecule has 1 aliphatic heterocycles. The van der Waals surface area contributed by atoms with Gasteiger partial charge >= 0.3 is 6.03 Å². The van der Waals surface area contributed by atoms with Crippen LogP contribution in [0.25, 0.3) is 6.08 Å². The Balaban J connectivity index is 1.59. The van der Waals surface area contributed by atoms with Gasteiger partial charge in [-0.25, -0.2) is 4.79 Å². The highest BCUT2D eigenvalue weighted by molar-refractivity contribution is 9.10. The molecule has 0 spiro atoms. The molecule has 4 amide bonds. The smallest absolute Gasteiger partial charge is 0.331 e. The van der Waals surface area contributed by atoms with Crippen molar-refractivity contribution in [1.82, 2.24) is 10.2 Å². The topological polar surface area (TPSA) is 94.2 Å². The van der Waals surface area contributed by atoms with Gasteiger partial charge in [-0.3, -0.25) is 19.8 Å². The molecule has 1 aliphatic rings. The number of benzene rings is 3. The van der Waals surface area contributed by atoms with Crippen LogP contribution in [0, 0.1) is 0 Å². The van der Waals surface area contributed by atoms with Crippen molar-refractivity contribution in [3.8, 4) is 17.2 Å². The number of barbiturate groups is 1. The zero-order chi connectivity index (χ0) is 27.9. The van der Waals surface area contributed by atoms with Crippen LogP contribution >= 0.6 is 27.5 Å². The highest BCUT2D eigenvalue weighted by Crippen LogP contribution is 2.31. The quantitative estimate of drug-likeness (QED) is 0.218. The lowest BCUT2D eigenvalue weighted by Crippen LogP contribution is -2.53. The van der Waals surface area contributed by atoms with Crippen molar-refractivity contribution in [3.63, 3.8) is 0 Å². The molecule has 1 fully saturated rings. The van der Waals surface area contributed by atoms with Crippen LogP contribution in [0.3, 0.4) is 0 Å². The largest absolute Gasteiger partial charge is 0.493 e. The molecule has 1 N–H and O–H groups in total. The van der Waals surface area contributed by atoms with E-state index >= 15 is 0 Å². The van der Waals surface area contributed by atoms with Gasteiger partial charge < -0.3 is 14.2 Å². The van der Waals surface area contributed by atoms with Crippen LogP contribution in [-0.4, -0.2) is 36.5 Å². The van der Waals surface area contributed by atoms with Gasteiger partial charge in [0.25, 0.3) is 11.8 Å². The van der Waals surface area contributed by atoms with Gasteiger partial charge in [0.1, 0.15) is 17.9 Å². The predicted molar refractivity (Wildman–Crippen MR) is 151 cm³/mol. The maximum absolute atomic E-state index is 13.4. The lowest BCUT2D eigenvalue weighted by atomic mass is 10.1. The summed E-state index contributed by atoms with van der Waals surface area (Å²) < 4.78 is 17.8. The molecule has 0 radical (unpaired) electrons. The van der Waals surface area contributed by atoms with E-state index in [0.717, 1.165) is 16.9 Å². The number of nitrogens with zero attached hydrogens (tertiary/aromatic N) is 1. The average Bonchev–Trinajstić information content (AvgIpc) is 2.92. The summed E-state index contributed by atoms with van der Waals surface area (Å²) in [5.41, 5.74) is 1.68. The summed E-state index contributed by atoms with van der Waals surface area (Å²) in [4.78, 5) is 39.7. The number of carbonyl (C=O) groups is 3. The van der Waals surface area contributed by atoms with Crippen molar-refractivity contribution in [1.29, 1.82) is 0 Å². The predicted octanol–water partition coefficient (Wildman–Crippen LogP) is 6.14. The summed E-state index contributed by atoms with van der Waals surface area (Å²) in [6.45, 7) is 2.63. The number of urea groups is 1. The van der Waals surface area contributed by atoms with E-state index in [9.17, 15) is 14.4 Å². The van der Waals surface area contributed by atoms with E-state index in [-0.39, 0.29) is 18.7 Å². The van der Waals surface area contributed by atoms with E-state index < -0.39 is 17.8 Å². The van der Waals surface area contributed by atoms with Crippen LogP contribution in [0.1, 0.15) is 30.0 Å². The fraction of sp³-hybridized carbons (Fsp3) is 0.207. The molecule has 4 rings (SSSR count). The van der Waals surface area contributed by atoms with Crippen molar-refractivity contribution in [2.24, 2.45) is 0 Å². The summed E-state index contributed by atoms with van der Waals surface area (Å²) in [5, 5.41) is 2.81. The van der Waals surface area contributed by atoms with Crippen molar-refractivity contribution >= 4 is 51.5 Å². The van der Waals surface area contributed by atoms with Crippen LogP contribution in [0.2, 0.25) is 5.02 Å². The number of amides is 4. The SMILES string of the molecule is CCCOc1ccc(CN2C(=O)NC(=O)/C(=C\c3cc(Br)ccc3OCc3ccccc3Cl)C2=O)cc1OC. The van der Waals surface area contributed by atoms with Gasteiger partial charge in [0.05, 0.1) is 20.3 Å². The number of hydrogen-bond donors (Lipinski definition) is 1. The van der Waals surface area contributed by atoms with Crippen molar-refractivity contribution < 1.29 is 28.6 Å². The van der Waals surface area contributed by atoms with E-state index in [0.29, 0.717) is 44.5 Å². The van der Waals surface area contributed by atoms with E-state index in [1.165, 1.54) is 13.2 Å². The fourth-order valence-corrected chi connectivity index (χ4v) is 4.42. The maximum Gasteiger partial charge on any atom is 0.331 e. The summed E-state index contributed by atoms with van der Waals surface area (Å²) >= 11 is 9.67. The minimum atomic E-state index is -0.808. The third-order valence-electron chi connectivity index (χ3n) is 5.83. The van der Waals surface area contributed by atoms with E-state index in [1.54, 1.807) is 42.5 Å². The van der Waals surface area contributed by atoms with Gasteiger partial charge in [-0.05, 0) is 54.5 Å². The first-order valence-electron chi connectivity index (χ1n) is 12.1. The van der Waals surface area contributed by atoms with Crippen LogP contribution in [-0.2, 0) is 22.7 Å². The molecule has 3 aromatic carbocycles. The molecule has 0 aromatic heterocycles. The van der Waals surface area contributed by atoms with Gasteiger partial charge in [-0.2, -0.15) is 0 Å². The van der Waals surface area contributed by atoms with Gasteiger partial charge in [-0.15, -0.1) is 0 Å². The molecule has 0 saturated carbocycles. The number of nitrogens with one attached hydrogen (secondary N) is 1. The third-order valence-corrected chi connectivity index (χ3v) is 6.69. The lowest BCUT2D eigenvalue weighted by molar-refractivity contribution is -0.130. The number of imide groups is 2. The fourth-order valence-electron chi connectivity index (χ4n) is 3.85. The molecule has 39 heavy (non-hydrogen) atoms. The monoisotopic (exact) mass is 612 g/mol. The molecule has 10 heteroatoms. The Morgan fingerprint density at radius 2 is 1.74 bits per heavy atom. The first kappa shape index (κ1) is 28.2. The van der Waals surface area contributed by atoms with E-state index in [4.69, 9.17) is 25.8 Å². The third kappa shape index (κ3) is 6.79. The second kappa shape index (κ2) is 12.8. The lowest BCUT2D eigenvalue weighted by Gasteiger charge is -2.26. The summed E-state index contributed by atoms with van der Waals surface area (Å²) in [6.07, 6.45) is 2.24. The first-order valence-corrected chi connectivity index (χ1v) is 13.3. The normalized spacial score (nSPS) is 14.4. The number of carbonyl (C=O) groups excluding carboxylic acids is 3. The Kier molecular flexibility index (Phi) is 9.27. The molecular formula is C29H26BrClN2O6. The second-order valence-electron chi connectivity index (χ2n) is 8.60. The number of halogens is 2. The minimum Gasteiger partial charge on any atom is -0.493 e. The highest BCUT2D eigenvalue weighted by Gasteiger charge is 2.36. The highest BCUT2D eigenvalue weighted by atomic mass is 79.9. The molecule has 0 unspecified atom stereocenters. The molecule has 8 nitrogen and oxygen atoms in total. The number of methoxy groups -OCH3 is 1.